The summed E-state index contributed by atoms with van der Waals surface area (Å²) in [5.41, 5.74) is 0. The minimum Gasteiger partial charge on any atom is -0.379 e. The number of nitrogens with one attached hydrogen (secondary N) is 2. The zero-order valence-corrected chi connectivity index (χ0v) is 21.2. The molecule has 35 heavy (non-hydrogen) atoms. The number of rotatable bonds is 7. The summed E-state index contributed by atoms with van der Waals surface area (Å²) in [6, 6.07) is 1.26. The fourth-order valence-corrected chi connectivity index (χ4v) is 8.55. The predicted octanol–water partition coefficient (Wildman–Crippen LogP) is 1.39. The van der Waals surface area contributed by atoms with Crippen molar-refractivity contribution in [2.45, 2.75) is 82.0 Å². The van der Waals surface area contributed by atoms with E-state index in [0.29, 0.717) is 48.3 Å². The highest BCUT2D eigenvalue weighted by molar-refractivity contribution is 5.82. The Labute approximate surface area is 209 Å². The van der Waals surface area contributed by atoms with E-state index in [1.165, 1.54) is 25.7 Å². The van der Waals surface area contributed by atoms with E-state index in [1.807, 2.05) is 0 Å². The lowest BCUT2D eigenvalue weighted by atomic mass is 9.66. The molecule has 4 aliphatic heterocycles. The van der Waals surface area contributed by atoms with E-state index >= 15 is 0 Å². The number of fused-ring (bicyclic) bond motifs is 5. The molecule has 4 saturated heterocycles. The smallest absolute Gasteiger partial charge is 0.246 e. The highest BCUT2D eigenvalue weighted by Crippen LogP contribution is 2.53. The molecule has 8 heteroatoms. The van der Waals surface area contributed by atoms with Crippen molar-refractivity contribution in [2.75, 3.05) is 52.5 Å². The number of carbonyl (C=O) groups excluding carboxylic acids is 2. The van der Waals surface area contributed by atoms with Gasteiger partial charge in [-0.3, -0.25) is 14.5 Å². The molecule has 6 fully saturated rings. The molecule has 0 bridgehead atoms. The number of carbonyl (C=O) groups is 2. The third kappa shape index (κ3) is 4.76. The Morgan fingerprint density at radius 2 is 1.91 bits per heavy atom. The van der Waals surface area contributed by atoms with Crippen LogP contribution in [-0.4, -0.2) is 98.4 Å². The third-order valence-electron chi connectivity index (χ3n) is 10.1. The Balaban J connectivity index is 0.998. The van der Waals surface area contributed by atoms with E-state index in [9.17, 15) is 9.59 Å². The summed E-state index contributed by atoms with van der Waals surface area (Å²) in [4.78, 5) is 30.8. The third-order valence-corrected chi connectivity index (χ3v) is 10.1. The first-order valence-corrected chi connectivity index (χ1v) is 14.4. The van der Waals surface area contributed by atoms with Crippen LogP contribution in [-0.2, 0) is 19.1 Å². The summed E-state index contributed by atoms with van der Waals surface area (Å²) < 4.78 is 11.5. The lowest BCUT2D eigenvalue weighted by Crippen LogP contribution is -2.66. The van der Waals surface area contributed by atoms with Gasteiger partial charge in [0, 0.05) is 37.6 Å². The number of morpholine rings is 1. The molecular weight excluding hydrogens is 444 g/mol. The SMILES string of the molecule is O=C(COC1CCC2C(C1)C1CCNC3C4CCCCC4C(=O)N2C13)NCCCN1CCOCC1. The molecule has 0 spiro atoms. The van der Waals surface area contributed by atoms with Crippen LogP contribution < -0.4 is 10.6 Å². The van der Waals surface area contributed by atoms with Crippen LogP contribution in [0.1, 0.15) is 57.8 Å². The molecule has 2 aliphatic carbocycles. The van der Waals surface area contributed by atoms with Gasteiger partial charge in [-0.25, -0.2) is 0 Å². The molecule has 8 atom stereocenters. The first-order valence-electron chi connectivity index (χ1n) is 14.4. The molecule has 4 heterocycles. The second-order valence-corrected chi connectivity index (χ2v) is 11.9. The minimum atomic E-state index is -0.000809. The largest absolute Gasteiger partial charge is 0.379 e. The fourth-order valence-electron chi connectivity index (χ4n) is 8.55. The second kappa shape index (κ2) is 10.6. The van der Waals surface area contributed by atoms with Crippen molar-refractivity contribution in [1.29, 1.82) is 0 Å². The van der Waals surface area contributed by atoms with Crippen LogP contribution in [0.25, 0.3) is 0 Å². The van der Waals surface area contributed by atoms with E-state index < -0.39 is 0 Å². The van der Waals surface area contributed by atoms with E-state index in [2.05, 4.69) is 20.4 Å². The number of nitrogens with zero attached hydrogens (tertiary/aromatic N) is 2. The first-order chi connectivity index (χ1) is 17.2. The number of amides is 2. The molecular formula is C27H44N4O4. The number of hydrogen-bond acceptors (Lipinski definition) is 6. The van der Waals surface area contributed by atoms with Crippen molar-refractivity contribution >= 4 is 11.8 Å². The molecule has 0 aromatic heterocycles. The average molecular weight is 489 g/mol. The van der Waals surface area contributed by atoms with Crippen molar-refractivity contribution in [1.82, 2.24) is 20.4 Å². The molecule has 0 aromatic carbocycles. The van der Waals surface area contributed by atoms with Crippen molar-refractivity contribution in [3.63, 3.8) is 0 Å². The van der Waals surface area contributed by atoms with E-state index in [1.54, 1.807) is 0 Å². The molecule has 8 unspecified atom stereocenters. The first kappa shape index (κ1) is 24.1. The van der Waals surface area contributed by atoms with Crippen LogP contribution in [0, 0.1) is 23.7 Å². The predicted molar refractivity (Wildman–Crippen MR) is 132 cm³/mol. The Hall–Kier alpha value is -1.22. The second-order valence-electron chi connectivity index (χ2n) is 11.9. The minimum absolute atomic E-state index is 0.000809. The van der Waals surface area contributed by atoms with Crippen LogP contribution in [0.3, 0.4) is 0 Å². The summed E-state index contributed by atoms with van der Waals surface area (Å²) in [7, 11) is 0. The van der Waals surface area contributed by atoms with Gasteiger partial charge >= 0.3 is 0 Å². The monoisotopic (exact) mass is 488 g/mol. The van der Waals surface area contributed by atoms with E-state index in [4.69, 9.17) is 9.47 Å². The van der Waals surface area contributed by atoms with Gasteiger partial charge in [0.15, 0.2) is 0 Å². The topological polar surface area (TPSA) is 83.1 Å². The van der Waals surface area contributed by atoms with Crippen LogP contribution in [0.15, 0.2) is 0 Å². The highest BCUT2D eigenvalue weighted by Gasteiger charge is 2.61. The van der Waals surface area contributed by atoms with Gasteiger partial charge in [-0.15, -0.1) is 0 Å². The maximum atomic E-state index is 13.7. The Morgan fingerprint density at radius 1 is 1.06 bits per heavy atom. The summed E-state index contributed by atoms with van der Waals surface area (Å²) in [6.45, 7) is 6.56. The summed E-state index contributed by atoms with van der Waals surface area (Å²) in [5.74, 6) is 2.38. The van der Waals surface area contributed by atoms with Gasteiger partial charge in [0.25, 0.3) is 0 Å². The lowest BCUT2D eigenvalue weighted by Gasteiger charge is -2.52. The van der Waals surface area contributed by atoms with Gasteiger partial charge in [-0.1, -0.05) is 12.8 Å². The van der Waals surface area contributed by atoms with Crippen LogP contribution in [0.5, 0.6) is 0 Å². The standard InChI is InChI=1S/C27H44N4O4/c32-24(28-9-3-11-30-12-14-34-15-13-30)17-35-18-6-7-23-22(16-18)20-8-10-29-25-19-4-1-2-5-21(19)27(33)31(23)26(20)25/h18-23,25-26,29H,1-17H2,(H,28,32). The van der Waals surface area contributed by atoms with E-state index in [0.717, 1.165) is 71.5 Å². The van der Waals surface area contributed by atoms with Crippen molar-refractivity contribution in [3.8, 4) is 0 Å². The maximum absolute atomic E-state index is 13.7. The lowest BCUT2D eigenvalue weighted by molar-refractivity contribution is -0.152. The maximum Gasteiger partial charge on any atom is 0.246 e. The highest BCUT2D eigenvalue weighted by atomic mass is 16.5. The van der Waals surface area contributed by atoms with Gasteiger partial charge in [0.1, 0.15) is 6.61 Å². The van der Waals surface area contributed by atoms with Gasteiger partial charge in [0.2, 0.25) is 11.8 Å². The molecule has 0 radical (unpaired) electrons. The molecule has 2 N–H and O–H groups in total. The average Bonchev–Trinajstić information content (AvgIpc) is 3.24. The quantitative estimate of drug-likeness (QED) is 0.527. The van der Waals surface area contributed by atoms with Crippen LogP contribution in [0.4, 0.5) is 0 Å². The van der Waals surface area contributed by atoms with Crippen molar-refractivity contribution in [3.05, 3.63) is 0 Å². The zero-order valence-electron chi connectivity index (χ0n) is 21.2. The van der Waals surface area contributed by atoms with Gasteiger partial charge in [-0.2, -0.15) is 0 Å². The molecule has 2 saturated carbocycles. The zero-order chi connectivity index (χ0) is 23.8. The normalized spacial score (nSPS) is 41.1. The van der Waals surface area contributed by atoms with Crippen molar-refractivity contribution in [2.24, 2.45) is 23.7 Å². The summed E-state index contributed by atoms with van der Waals surface area (Å²) in [6.07, 6.45) is 10.0. The van der Waals surface area contributed by atoms with Crippen molar-refractivity contribution < 1.29 is 19.1 Å². The van der Waals surface area contributed by atoms with Crippen LogP contribution in [0.2, 0.25) is 0 Å². The Bertz CT molecular complexity index is 774. The fraction of sp³-hybridized carbons (Fsp3) is 0.926. The molecule has 2 amide bonds. The Kier molecular flexibility index (Phi) is 7.34. The van der Waals surface area contributed by atoms with E-state index in [-0.39, 0.29) is 24.5 Å². The van der Waals surface area contributed by atoms with Gasteiger partial charge < -0.3 is 25.0 Å². The number of hydrogen-bond donors (Lipinski definition) is 2. The number of piperidine rings is 2. The molecule has 0 aromatic rings. The molecule has 6 aliphatic rings. The number of ether oxygens (including phenoxy) is 2. The summed E-state index contributed by atoms with van der Waals surface area (Å²) >= 11 is 0. The van der Waals surface area contributed by atoms with Crippen LogP contribution >= 0.6 is 0 Å². The van der Waals surface area contributed by atoms with Gasteiger partial charge in [-0.05, 0) is 75.8 Å². The molecule has 6 rings (SSSR count). The Morgan fingerprint density at radius 3 is 2.80 bits per heavy atom. The molecule has 196 valence electrons. The molecule has 8 nitrogen and oxygen atoms in total. The van der Waals surface area contributed by atoms with Gasteiger partial charge in [0.05, 0.1) is 25.4 Å². The summed E-state index contributed by atoms with van der Waals surface area (Å²) in [5, 5.41) is 6.90.